The van der Waals surface area contributed by atoms with Gasteiger partial charge in [0.15, 0.2) is 5.16 Å². The Bertz CT molecular complexity index is 1150. The van der Waals surface area contributed by atoms with E-state index in [4.69, 9.17) is 4.74 Å². The molecule has 31 heavy (non-hydrogen) atoms. The van der Waals surface area contributed by atoms with Crippen molar-refractivity contribution in [2.75, 3.05) is 17.7 Å². The van der Waals surface area contributed by atoms with E-state index in [1.54, 1.807) is 6.20 Å². The number of anilines is 1. The van der Waals surface area contributed by atoms with Gasteiger partial charge in [0, 0.05) is 18.5 Å². The highest BCUT2D eigenvalue weighted by atomic mass is 32.2. The molecule has 1 amide bonds. The molecule has 1 aliphatic heterocycles. The highest BCUT2D eigenvalue weighted by Gasteiger charge is 2.28. The number of carbonyl (C=O) groups excluding carboxylic acids is 1. The van der Waals surface area contributed by atoms with Gasteiger partial charge in [-0.2, -0.15) is 5.26 Å². The zero-order valence-electron chi connectivity index (χ0n) is 17.3. The van der Waals surface area contributed by atoms with Crippen molar-refractivity contribution in [3.05, 3.63) is 47.4 Å². The maximum Gasteiger partial charge on any atom is 0.235 e. The lowest BCUT2D eigenvalue weighted by Gasteiger charge is -2.19. The van der Waals surface area contributed by atoms with Crippen molar-refractivity contribution in [2.24, 2.45) is 0 Å². The summed E-state index contributed by atoms with van der Waals surface area (Å²) in [5.41, 5.74) is 3.92. The minimum absolute atomic E-state index is 0.127. The Balaban J connectivity index is 1.37. The van der Waals surface area contributed by atoms with Crippen LogP contribution in [0.25, 0.3) is 5.52 Å². The number of nitrogens with zero attached hydrogens (tertiary/aromatic N) is 4. The number of imidazole rings is 1. The fourth-order valence-electron chi connectivity index (χ4n) is 4.64. The van der Waals surface area contributed by atoms with Gasteiger partial charge in [0.25, 0.3) is 0 Å². The Kier molecular flexibility index (Phi) is 5.70. The maximum absolute atomic E-state index is 12.9. The standard InChI is InChI=1S/C23H25N5O2S/c24-12-19-18-8-1-2-9-20(18)28(14-17-7-5-11-30-17)22(19)26-21(29)15-31-23-25-13-16-6-3-4-10-27(16)23/h3-4,6,10,13,17H,1-2,5,7-9,11,14-15H2,(H,26,29). The van der Waals surface area contributed by atoms with E-state index in [1.807, 2.05) is 28.8 Å². The van der Waals surface area contributed by atoms with E-state index in [0.29, 0.717) is 17.9 Å². The molecule has 160 valence electrons. The summed E-state index contributed by atoms with van der Waals surface area (Å²) in [4.78, 5) is 17.3. The van der Waals surface area contributed by atoms with E-state index in [-0.39, 0.29) is 17.8 Å². The zero-order valence-corrected chi connectivity index (χ0v) is 18.2. The first-order valence-electron chi connectivity index (χ1n) is 10.9. The minimum atomic E-state index is -0.127. The van der Waals surface area contributed by atoms with Gasteiger partial charge in [0.2, 0.25) is 5.91 Å². The normalized spacial score (nSPS) is 18.1. The summed E-state index contributed by atoms with van der Waals surface area (Å²) in [6.07, 6.45) is 10.0. The summed E-state index contributed by atoms with van der Waals surface area (Å²) in [5.74, 6) is 0.746. The van der Waals surface area contributed by atoms with Crippen LogP contribution in [0.1, 0.15) is 42.5 Å². The van der Waals surface area contributed by atoms with Gasteiger partial charge in [-0.3, -0.25) is 9.20 Å². The molecule has 1 unspecified atom stereocenters. The first-order valence-corrected chi connectivity index (χ1v) is 11.8. The number of amides is 1. The maximum atomic E-state index is 12.9. The zero-order chi connectivity index (χ0) is 21.2. The summed E-state index contributed by atoms with van der Waals surface area (Å²) < 4.78 is 9.98. The lowest BCUT2D eigenvalue weighted by atomic mass is 9.95. The van der Waals surface area contributed by atoms with Crippen LogP contribution >= 0.6 is 11.8 Å². The third-order valence-electron chi connectivity index (χ3n) is 6.09. The van der Waals surface area contributed by atoms with E-state index < -0.39 is 0 Å². The second-order valence-corrected chi connectivity index (χ2v) is 9.03. The molecule has 1 saturated heterocycles. The molecule has 0 spiro atoms. The molecule has 0 radical (unpaired) electrons. The Morgan fingerprint density at radius 1 is 1.32 bits per heavy atom. The second kappa shape index (κ2) is 8.77. The average Bonchev–Trinajstić information content (AvgIpc) is 3.52. The van der Waals surface area contributed by atoms with E-state index in [9.17, 15) is 10.1 Å². The molecule has 8 heteroatoms. The first kappa shape index (κ1) is 20.2. The fraction of sp³-hybridized carbons (Fsp3) is 0.435. The Morgan fingerprint density at radius 3 is 3.06 bits per heavy atom. The molecule has 7 nitrogen and oxygen atoms in total. The van der Waals surface area contributed by atoms with E-state index in [0.717, 1.165) is 61.4 Å². The Hall–Kier alpha value is -2.76. The monoisotopic (exact) mass is 435 g/mol. The van der Waals surface area contributed by atoms with Gasteiger partial charge in [0.05, 0.1) is 35.7 Å². The third-order valence-corrected chi connectivity index (χ3v) is 7.06. The molecule has 1 aliphatic carbocycles. The first-order chi connectivity index (χ1) is 15.2. The molecule has 1 N–H and O–H groups in total. The molecule has 0 aromatic carbocycles. The number of nitrogens with one attached hydrogen (secondary N) is 1. The van der Waals surface area contributed by atoms with Crippen LogP contribution < -0.4 is 5.32 Å². The fourth-order valence-corrected chi connectivity index (χ4v) is 5.40. The summed E-state index contributed by atoms with van der Waals surface area (Å²) >= 11 is 1.39. The molecular formula is C23H25N5O2S. The largest absolute Gasteiger partial charge is 0.376 e. The van der Waals surface area contributed by atoms with Gasteiger partial charge in [-0.1, -0.05) is 17.8 Å². The van der Waals surface area contributed by atoms with Gasteiger partial charge in [-0.15, -0.1) is 0 Å². The highest BCUT2D eigenvalue weighted by Crippen LogP contribution is 2.34. The predicted molar refractivity (Wildman–Crippen MR) is 119 cm³/mol. The van der Waals surface area contributed by atoms with Crippen LogP contribution in [0, 0.1) is 11.3 Å². The van der Waals surface area contributed by atoms with Crippen LogP contribution in [0.3, 0.4) is 0 Å². The van der Waals surface area contributed by atoms with Crippen molar-refractivity contribution in [1.29, 1.82) is 5.26 Å². The van der Waals surface area contributed by atoms with Crippen molar-refractivity contribution in [1.82, 2.24) is 14.0 Å². The number of hydrogen-bond acceptors (Lipinski definition) is 5. The van der Waals surface area contributed by atoms with Gasteiger partial charge in [-0.25, -0.2) is 4.98 Å². The smallest absolute Gasteiger partial charge is 0.235 e. The quantitative estimate of drug-likeness (QED) is 0.596. The molecule has 1 atom stereocenters. The SMILES string of the molecule is N#Cc1c2c(n(CC3CCCO3)c1NC(=O)CSc1ncc3ccccn13)CCCC2. The molecular weight excluding hydrogens is 410 g/mol. The van der Waals surface area contributed by atoms with Crippen molar-refractivity contribution >= 4 is 29.0 Å². The summed E-state index contributed by atoms with van der Waals surface area (Å²) in [7, 11) is 0. The number of carbonyl (C=O) groups is 1. The van der Waals surface area contributed by atoms with E-state index in [1.165, 1.54) is 17.5 Å². The van der Waals surface area contributed by atoms with Crippen LogP contribution in [0.4, 0.5) is 5.82 Å². The predicted octanol–water partition coefficient (Wildman–Crippen LogP) is 3.80. The van der Waals surface area contributed by atoms with Crippen molar-refractivity contribution in [3.63, 3.8) is 0 Å². The topological polar surface area (TPSA) is 84.4 Å². The Morgan fingerprint density at radius 2 is 2.23 bits per heavy atom. The number of rotatable bonds is 6. The summed E-state index contributed by atoms with van der Waals surface area (Å²) in [6.45, 7) is 1.48. The molecule has 0 saturated carbocycles. The molecule has 4 heterocycles. The minimum Gasteiger partial charge on any atom is -0.376 e. The van der Waals surface area contributed by atoms with Crippen LogP contribution in [0.5, 0.6) is 0 Å². The summed E-state index contributed by atoms with van der Waals surface area (Å²) in [6, 6.07) is 8.26. The number of pyridine rings is 1. The lowest BCUT2D eigenvalue weighted by molar-refractivity contribution is -0.113. The molecule has 3 aromatic heterocycles. The lowest BCUT2D eigenvalue weighted by Crippen LogP contribution is -2.23. The average molecular weight is 436 g/mol. The van der Waals surface area contributed by atoms with Crippen LogP contribution in [0.2, 0.25) is 0 Å². The van der Waals surface area contributed by atoms with Gasteiger partial charge in [0.1, 0.15) is 11.9 Å². The van der Waals surface area contributed by atoms with Crippen molar-refractivity contribution < 1.29 is 9.53 Å². The van der Waals surface area contributed by atoms with Crippen molar-refractivity contribution in [2.45, 2.75) is 56.3 Å². The number of nitriles is 1. The van der Waals surface area contributed by atoms with Gasteiger partial charge < -0.3 is 14.6 Å². The van der Waals surface area contributed by atoms with Gasteiger partial charge in [-0.05, 0) is 56.2 Å². The Labute approximate surface area is 185 Å². The highest BCUT2D eigenvalue weighted by molar-refractivity contribution is 7.99. The third kappa shape index (κ3) is 3.95. The van der Waals surface area contributed by atoms with Crippen LogP contribution in [-0.2, 0) is 28.9 Å². The van der Waals surface area contributed by atoms with E-state index in [2.05, 4.69) is 20.9 Å². The van der Waals surface area contributed by atoms with E-state index >= 15 is 0 Å². The number of ether oxygens (including phenoxy) is 1. The number of fused-ring (bicyclic) bond motifs is 2. The molecule has 1 fully saturated rings. The second-order valence-electron chi connectivity index (χ2n) is 8.09. The molecule has 2 aliphatic rings. The van der Waals surface area contributed by atoms with Crippen LogP contribution in [-0.4, -0.2) is 38.3 Å². The van der Waals surface area contributed by atoms with Crippen molar-refractivity contribution in [3.8, 4) is 6.07 Å². The number of aromatic nitrogens is 3. The van der Waals surface area contributed by atoms with Crippen LogP contribution in [0.15, 0.2) is 35.7 Å². The summed E-state index contributed by atoms with van der Waals surface area (Å²) in [5, 5.41) is 13.7. The molecule has 3 aromatic rings. The molecule has 5 rings (SSSR count). The number of thioether (sulfide) groups is 1. The number of hydrogen-bond donors (Lipinski definition) is 1. The van der Waals surface area contributed by atoms with Gasteiger partial charge >= 0.3 is 0 Å². The molecule has 0 bridgehead atoms.